The normalized spacial score (nSPS) is 17.1. The van der Waals surface area contributed by atoms with Gasteiger partial charge in [0, 0.05) is 30.3 Å². The molecule has 31 heavy (non-hydrogen) atoms. The average molecular weight is 439 g/mol. The Morgan fingerprint density at radius 2 is 2.03 bits per heavy atom. The maximum absolute atomic E-state index is 12.2. The Morgan fingerprint density at radius 1 is 1.13 bits per heavy atom. The number of aromatic nitrogens is 2. The van der Waals surface area contributed by atoms with Crippen molar-refractivity contribution in [3.8, 4) is 11.5 Å². The van der Waals surface area contributed by atoms with Gasteiger partial charge in [0.2, 0.25) is 12.7 Å². The van der Waals surface area contributed by atoms with Crippen LogP contribution < -0.4 is 20.1 Å². The molecule has 0 saturated carbocycles. The second-order valence-electron chi connectivity index (χ2n) is 7.29. The van der Waals surface area contributed by atoms with E-state index in [1.54, 1.807) is 0 Å². The maximum atomic E-state index is 12.2. The molecule has 3 heterocycles. The van der Waals surface area contributed by atoms with E-state index >= 15 is 0 Å². The van der Waals surface area contributed by atoms with Gasteiger partial charge in [-0.25, -0.2) is 9.97 Å². The number of thioether (sulfide) groups is 1. The first-order chi connectivity index (χ1) is 15.2. The van der Waals surface area contributed by atoms with Crippen LogP contribution in [0.15, 0.2) is 47.6 Å². The fourth-order valence-corrected chi connectivity index (χ4v) is 4.22. The first-order valence-corrected chi connectivity index (χ1v) is 11.2. The Kier molecular flexibility index (Phi) is 5.77. The molecule has 2 aliphatic rings. The lowest BCUT2D eigenvalue weighted by Gasteiger charge is -2.12. The lowest BCUT2D eigenvalue weighted by Crippen LogP contribution is -2.32. The van der Waals surface area contributed by atoms with E-state index in [2.05, 4.69) is 20.6 Å². The zero-order chi connectivity index (χ0) is 21.0. The summed E-state index contributed by atoms with van der Waals surface area (Å²) < 4.78 is 16.4. The lowest BCUT2D eigenvalue weighted by molar-refractivity contribution is -0.119. The number of ether oxygens (including phenoxy) is 3. The molecule has 160 valence electrons. The largest absolute Gasteiger partial charge is 0.454 e. The van der Waals surface area contributed by atoms with Crippen LogP contribution in [0.25, 0.3) is 10.9 Å². The van der Waals surface area contributed by atoms with Crippen LogP contribution in [0.4, 0.5) is 11.5 Å². The van der Waals surface area contributed by atoms with Crippen LogP contribution in [0.2, 0.25) is 0 Å². The molecule has 1 atom stereocenters. The maximum Gasteiger partial charge on any atom is 0.231 e. The number of rotatable bonds is 7. The lowest BCUT2D eigenvalue weighted by atomic mass is 10.2. The van der Waals surface area contributed by atoms with Crippen LogP contribution in [0.1, 0.15) is 12.8 Å². The molecule has 3 aromatic rings. The molecule has 9 heteroatoms. The predicted octanol–water partition coefficient (Wildman–Crippen LogP) is 3.49. The molecule has 2 aromatic carbocycles. The van der Waals surface area contributed by atoms with Crippen LogP contribution >= 0.6 is 11.8 Å². The molecule has 1 amide bonds. The summed E-state index contributed by atoms with van der Waals surface area (Å²) in [7, 11) is 0. The Morgan fingerprint density at radius 3 is 2.94 bits per heavy atom. The molecule has 1 unspecified atom stereocenters. The van der Waals surface area contributed by atoms with Gasteiger partial charge in [0.15, 0.2) is 16.7 Å². The standard InChI is InChI=1S/C22H22N4O4S/c27-20(23-11-15-4-3-9-28-15)12-31-22-25-17-6-2-1-5-16(17)21(26-22)24-14-7-8-18-19(10-14)30-13-29-18/h1-2,5-8,10,15H,3-4,9,11-13H2,(H,23,27)(H,24,25,26). The molecule has 0 radical (unpaired) electrons. The zero-order valence-corrected chi connectivity index (χ0v) is 17.6. The van der Waals surface area contributed by atoms with Crippen LogP contribution in [-0.4, -0.2) is 47.7 Å². The van der Waals surface area contributed by atoms with Crippen LogP contribution in [0.3, 0.4) is 0 Å². The highest BCUT2D eigenvalue weighted by Gasteiger charge is 2.17. The quantitative estimate of drug-likeness (QED) is 0.428. The molecule has 1 fully saturated rings. The second kappa shape index (κ2) is 8.99. The SMILES string of the molecule is O=C(CSc1nc(Nc2ccc3c(c2)OCO3)c2ccccc2n1)NCC1CCCO1. The van der Waals surface area contributed by atoms with Crippen molar-refractivity contribution < 1.29 is 19.0 Å². The Hall–Kier alpha value is -3.04. The van der Waals surface area contributed by atoms with Crippen molar-refractivity contribution in [3.05, 3.63) is 42.5 Å². The summed E-state index contributed by atoms with van der Waals surface area (Å²) in [6.07, 6.45) is 2.18. The number of para-hydroxylation sites is 1. The highest BCUT2D eigenvalue weighted by molar-refractivity contribution is 7.99. The number of carbonyl (C=O) groups is 1. The molecule has 2 aliphatic heterocycles. The van der Waals surface area contributed by atoms with Gasteiger partial charge in [-0.3, -0.25) is 4.79 Å². The van der Waals surface area contributed by atoms with Gasteiger partial charge in [-0.1, -0.05) is 23.9 Å². The van der Waals surface area contributed by atoms with E-state index in [1.807, 2.05) is 42.5 Å². The second-order valence-corrected chi connectivity index (χ2v) is 8.24. The number of fused-ring (bicyclic) bond motifs is 2. The van der Waals surface area contributed by atoms with Gasteiger partial charge in [-0.05, 0) is 37.1 Å². The number of nitrogens with one attached hydrogen (secondary N) is 2. The minimum absolute atomic E-state index is 0.0532. The van der Waals surface area contributed by atoms with Crippen molar-refractivity contribution >= 4 is 40.1 Å². The third-order valence-corrected chi connectivity index (χ3v) is 5.95. The summed E-state index contributed by atoms with van der Waals surface area (Å²) in [5, 5.41) is 7.71. The van der Waals surface area contributed by atoms with Gasteiger partial charge in [0.1, 0.15) is 5.82 Å². The number of amides is 1. The molecule has 0 bridgehead atoms. The highest BCUT2D eigenvalue weighted by atomic mass is 32.2. The van der Waals surface area contributed by atoms with Crippen molar-refractivity contribution in [1.82, 2.24) is 15.3 Å². The zero-order valence-electron chi connectivity index (χ0n) is 16.8. The summed E-state index contributed by atoms with van der Waals surface area (Å²) in [6, 6.07) is 13.4. The molecule has 5 rings (SSSR count). The molecule has 0 spiro atoms. The van der Waals surface area contributed by atoms with Crippen LogP contribution in [-0.2, 0) is 9.53 Å². The molecule has 0 aliphatic carbocycles. The monoisotopic (exact) mass is 438 g/mol. The van der Waals surface area contributed by atoms with Gasteiger partial charge in [0.25, 0.3) is 0 Å². The Balaban J connectivity index is 1.30. The van der Waals surface area contributed by atoms with Crippen LogP contribution in [0, 0.1) is 0 Å². The minimum Gasteiger partial charge on any atom is -0.454 e. The molecular weight excluding hydrogens is 416 g/mol. The van der Waals surface area contributed by atoms with Gasteiger partial charge in [-0.2, -0.15) is 0 Å². The summed E-state index contributed by atoms with van der Waals surface area (Å²) in [5.41, 5.74) is 1.64. The summed E-state index contributed by atoms with van der Waals surface area (Å²) in [4.78, 5) is 21.5. The summed E-state index contributed by atoms with van der Waals surface area (Å²) in [5.74, 6) is 2.28. The van der Waals surface area contributed by atoms with Gasteiger partial charge in [0.05, 0.1) is 17.4 Å². The minimum atomic E-state index is -0.0532. The van der Waals surface area contributed by atoms with E-state index in [-0.39, 0.29) is 24.6 Å². The first kappa shape index (κ1) is 19.9. The van der Waals surface area contributed by atoms with Crippen molar-refractivity contribution in [3.63, 3.8) is 0 Å². The van der Waals surface area contributed by atoms with E-state index in [9.17, 15) is 4.79 Å². The molecule has 1 aromatic heterocycles. The number of hydrogen-bond donors (Lipinski definition) is 2. The number of benzene rings is 2. The van der Waals surface area contributed by atoms with Crippen molar-refractivity contribution in [2.75, 3.05) is 31.0 Å². The number of hydrogen-bond acceptors (Lipinski definition) is 8. The Labute approximate surface area is 183 Å². The van der Waals surface area contributed by atoms with Crippen molar-refractivity contribution in [2.24, 2.45) is 0 Å². The number of carbonyl (C=O) groups excluding carboxylic acids is 1. The smallest absolute Gasteiger partial charge is 0.231 e. The Bertz CT molecular complexity index is 1100. The third-order valence-electron chi connectivity index (χ3n) is 5.10. The molecular formula is C22H22N4O4S. The fraction of sp³-hybridized carbons (Fsp3) is 0.318. The fourth-order valence-electron chi connectivity index (χ4n) is 3.54. The summed E-state index contributed by atoms with van der Waals surface area (Å²) in [6.45, 7) is 1.55. The van der Waals surface area contributed by atoms with E-state index in [1.165, 1.54) is 11.8 Å². The topological polar surface area (TPSA) is 94.6 Å². The number of nitrogens with zero attached hydrogens (tertiary/aromatic N) is 2. The van der Waals surface area contributed by atoms with Crippen molar-refractivity contribution in [1.29, 1.82) is 0 Å². The molecule has 1 saturated heterocycles. The van der Waals surface area contributed by atoms with E-state index < -0.39 is 0 Å². The number of anilines is 2. The van der Waals surface area contributed by atoms with Gasteiger partial charge >= 0.3 is 0 Å². The van der Waals surface area contributed by atoms with E-state index in [4.69, 9.17) is 14.2 Å². The van der Waals surface area contributed by atoms with E-state index in [0.717, 1.165) is 41.8 Å². The molecule has 8 nitrogen and oxygen atoms in total. The third kappa shape index (κ3) is 4.67. The van der Waals surface area contributed by atoms with Gasteiger partial charge < -0.3 is 24.8 Å². The average Bonchev–Trinajstić information content (AvgIpc) is 3.48. The predicted molar refractivity (Wildman–Crippen MR) is 118 cm³/mol. The van der Waals surface area contributed by atoms with Gasteiger partial charge in [-0.15, -0.1) is 0 Å². The van der Waals surface area contributed by atoms with Crippen LogP contribution in [0.5, 0.6) is 11.5 Å². The first-order valence-electron chi connectivity index (χ1n) is 10.2. The summed E-state index contributed by atoms with van der Waals surface area (Å²) >= 11 is 1.31. The highest BCUT2D eigenvalue weighted by Crippen LogP contribution is 2.36. The van der Waals surface area contributed by atoms with E-state index in [0.29, 0.717) is 23.3 Å². The molecule has 2 N–H and O–H groups in total. The van der Waals surface area contributed by atoms with Crippen molar-refractivity contribution in [2.45, 2.75) is 24.1 Å².